The lowest BCUT2D eigenvalue weighted by atomic mass is 10.0. The van der Waals surface area contributed by atoms with Gasteiger partial charge in [0.05, 0.1) is 5.69 Å². The summed E-state index contributed by atoms with van der Waals surface area (Å²) in [5.74, 6) is 0.933. The summed E-state index contributed by atoms with van der Waals surface area (Å²) in [5.41, 5.74) is 2.37. The molecule has 0 saturated heterocycles. The Morgan fingerprint density at radius 1 is 1.25 bits per heavy atom. The average molecular weight is 327 g/mol. The van der Waals surface area contributed by atoms with Crippen molar-refractivity contribution in [1.82, 2.24) is 19.6 Å². The number of rotatable bonds is 6. The fourth-order valence-corrected chi connectivity index (χ4v) is 3.55. The van der Waals surface area contributed by atoms with Gasteiger partial charge in [0.1, 0.15) is 5.82 Å². The van der Waals surface area contributed by atoms with Crippen LogP contribution >= 0.6 is 0 Å². The molecule has 3 heterocycles. The molecular weight excluding hydrogens is 305 g/mol. The summed E-state index contributed by atoms with van der Waals surface area (Å²) in [4.78, 5) is 7.20. The lowest BCUT2D eigenvalue weighted by Crippen LogP contribution is -2.10. The Morgan fingerprint density at radius 2 is 2.12 bits per heavy atom. The monoisotopic (exact) mass is 327 g/mol. The molecule has 2 N–H and O–H groups in total. The number of imidazole rings is 1. The lowest BCUT2D eigenvalue weighted by Gasteiger charge is -2.09. The first kappa shape index (κ1) is 15.2. The molecule has 1 aliphatic rings. The van der Waals surface area contributed by atoms with Crippen LogP contribution in [0.4, 0.5) is 10.2 Å². The molecule has 3 aromatic heterocycles. The van der Waals surface area contributed by atoms with E-state index in [2.05, 4.69) is 26.4 Å². The highest BCUT2D eigenvalue weighted by molar-refractivity contribution is 5.45. The molecule has 1 fully saturated rings. The third kappa shape index (κ3) is 3.13. The largest absolute Gasteiger partial charge is 0.368 e. The molecule has 0 bridgehead atoms. The molecule has 0 aromatic carbocycles. The van der Waals surface area contributed by atoms with Crippen molar-refractivity contribution in [3.05, 3.63) is 47.8 Å². The van der Waals surface area contributed by atoms with Crippen molar-refractivity contribution in [1.29, 1.82) is 0 Å². The van der Waals surface area contributed by atoms with E-state index in [1.54, 1.807) is 4.52 Å². The fourth-order valence-electron chi connectivity index (χ4n) is 3.55. The summed E-state index contributed by atoms with van der Waals surface area (Å²) in [6.07, 6.45) is 8.40. The molecule has 4 rings (SSSR count). The average Bonchev–Trinajstić information content (AvgIpc) is 3.31. The van der Waals surface area contributed by atoms with Gasteiger partial charge in [0.25, 0.3) is 0 Å². The maximum atomic E-state index is 14.2. The number of anilines is 1. The number of nitrogens with zero attached hydrogens (tertiary/aromatic N) is 3. The second-order valence-corrected chi connectivity index (χ2v) is 6.56. The summed E-state index contributed by atoms with van der Waals surface area (Å²) in [5, 5.41) is 7.85. The number of nitrogens with one attached hydrogen (secondary N) is 2. The van der Waals surface area contributed by atoms with Crippen LogP contribution in [0.25, 0.3) is 5.65 Å². The SMILES string of the molecule is Fc1nc2ccc(NCCc3ccc[nH]3)nn2c1CC1CCCC1. The van der Waals surface area contributed by atoms with E-state index in [0.29, 0.717) is 17.3 Å². The second kappa shape index (κ2) is 6.63. The van der Waals surface area contributed by atoms with Gasteiger partial charge in [-0.2, -0.15) is 9.37 Å². The second-order valence-electron chi connectivity index (χ2n) is 6.56. The molecular formula is C18H22FN5. The van der Waals surface area contributed by atoms with Crippen LogP contribution in [0.2, 0.25) is 0 Å². The summed E-state index contributed by atoms with van der Waals surface area (Å²) in [6.45, 7) is 0.772. The van der Waals surface area contributed by atoms with Crippen LogP contribution in [-0.4, -0.2) is 26.1 Å². The van der Waals surface area contributed by atoms with Gasteiger partial charge in [-0.3, -0.25) is 0 Å². The molecule has 0 unspecified atom stereocenters. The van der Waals surface area contributed by atoms with E-state index in [1.807, 2.05) is 24.4 Å². The first-order chi connectivity index (χ1) is 11.8. The van der Waals surface area contributed by atoms with Crippen LogP contribution in [0.5, 0.6) is 0 Å². The Kier molecular flexibility index (Phi) is 4.19. The molecule has 126 valence electrons. The molecule has 0 amide bonds. The topological polar surface area (TPSA) is 58.0 Å². The number of hydrogen-bond acceptors (Lipinski definition) is 3. The van der Waals surface area contributed by atoms with Crippen LogP contribution in [0.15, 0.2) is 30.5 Å². The van der Waals surface area contributed by atoms with E-state index < -0.39 is 0 Å². The van der Waals surface area contributed by atoms with Gasteiger partial charge in [-0.15, -0.1) is 5.10 Å². The molecule has 3 aromatic rings. The molecule has 1 saturated carbocycles. The number of H-pyrrole nitrogens is 1. The number of aromatic nitrogens is 4. The van der Waals surface area contributed by atoms with Crippen molar-refractivity contribution in [2.24, 2.45) is 5.92 Å². The van der Waals surface area contributed by atoms with E-state index in [-0.39, 0.29) is 5.95 Å². The number of aromatic amines is 1. The standard InChI is InChI=1S/C18H22FN5/c19-18-15(12-13-4-1-2-5-13)24-17(22-18)8-7-16(23-24)21-11-9-14-6-3-10-20-14/h3,6-8,10,13,20H,1-2,4-5,9,11-12H2,(H,21,23). The number of halogens is 1. The van der Waals surface area contributed by atoms with E-state index in [9.17, 15) is 4.39 Å². The van der Waals surface area contributed by atoms with Gasteiger partial charge in [-0.05, 0) is 36.6 Å². The highest BCUT2D eigenvalue weighted by atomic mass is 19.1. The van der Waals surface area contributed by atoms with Crippen LogP contribution < -0.4 is 5.32 Å². The quantitative estimate of drug-likeness (QED) is 0.727. The van der Waals surface area contributed by atoms with Gasteiger partial charge < -0.3 is 10.3 Å². The van der Waals surface area contributed by atoms with Crippen molar-refractivity contribution in [2.45, 2.75) is 38.5 Å². The molecule has 5 nitrogen and oxygen atoms in total. The third-order valence-corrected chi connectivity index (χ3v) is 4.84. The molecule has 0 atom stereocenters. The normalized spacial score (nSPS) is 15.4. The fraction of sp³-hybridized carbons (Fsp3) is 0.444. The first-order valence-corrected chi connectivity index (χ1v) is 8.70. The van der Waals surface area contributed by atoms with Crippen LogP contribution in [0.1, 0.15) is 37.1 Å². The number of fused-ring (bicyclic) bond motifs is 1. The molecule has 6 heteroatoms. The summed E-state index contributed by atoms with van der Waals surface area (Å²) in [7, 11) is 0. The van der Waals surface area contributed by atoms with Crippen molar-refractivity contribution < 1.29 is 4.39 Å². The Morgan fingerprint density at radius 3 is 2.92 bits per heavy atom. The zero-order valence-corrected chi connectivity index (χ0v) is 13.6. The summed E-state index contributed by atoms with van der Waals surface area (Å²) >= 11 is 0. The molecule has 0 radical (unpaired) electrons. The van der Waals surface area contributed by atoms with E-state index >= 15 is 0 Å². The molecule has 0 spiro atoms. The lowest BCUT2D eigenvalue weighted by molar-refractivity contribution is 0.498. The Balaban J connectivity index is 1.50. The highest BCUT2D eigenvalue weighted by Crippen LogP contribution is 2.29. The van der Waals surface area contributed by atoms with E-state index in [0.717, 1.165) is 25.2 Å². The summed E-state index contributed by atoms with van der Waals surface area (Å²) < 4.78 is 15.9. The Bertz CT molecular complexity index is 802. The van der Waals surface area contributed by atoms with Gasteiger partial charge in [-0.1, -0.05) is 25.7 Å². The number of hydrogen-bond donors (Lipinski definition) is 2. The van der Waals surface area contributed by atoms with Crippen LogP contribution in [0, 0.1) is 11.9 Å². The Labute approximate surface area is 140 Å². The first-order valence-electron chi connectivity index (χ1n) is 8.70. The zero-order valence-electron chi connectivity index (χ0n) is 13.6. The molecule has 24 heavy (non-hydrogen) atoms. The van der Waals surface area contributed by atoms with Crippen molar-refractivity contribution in [3.63, 3.8) is 0 Å². The van der Waals surface area contributed by atoms with Gasteiger partial charge in [0.2, 0.25) is 5.95 Å². The highest BCUT2D eigenvalue weighted by Gasteiger charge is 2.21. The molecule has 0 aliphatic heterocycles. The predicted octanol–water partition coefficient (Wildman–Crippen LogP) is 3.58. The van der Waals surface area contributed by atoms with Gasteiger partial charge in [-0.25, -0.2) is 4.52 Å². The van der Waals surface area contributed by atoms with Crippen molar-refractivity contribution in [3.8, 4) is 0 Å². The maximum Gasteiger partial charge on any atom is 0.236 e. The minimum absolute atomic E-state index is 0.377. The maximum absolute atomic E-state index is 14.2. The molecule has 1 aliphatic carbocycles. The minimum atomic E-state index is -0.377. The Hall–Kier alpha value is -2.37. The van der Waals surface area contributed by atoms with Gasteiger partial charge >= 0.3 is 0 Å². The van der Waals surface area contributed by atoms with Gasteiger partial charge in [0.15, 0.2) is 5.65 Å². The zero-order chi connectivity index (χ0) is 16.4. The van der Waals surface area contributed by atoms with E-state index in [1.165, 1.54) is 31.4 Å². The third-order valence-electron chi connectivity index (χ3n) is 4.84. The smallest absolute Gasteiger partial charge is 0.236 e. The predicted molar refractivity (Wildman–Crippen MR) is 91.6 cm³/mol. The summed E-state index contributed by atoms with van der Waals surface area (Å²) in [6, 6.07) is 7.73. The van der Waals surface area contributed by atoms with Crippen LogP contribution in [-0.2, 0) is 12.8 Å². The van der Waals surface area contributed by atoms with Crippen molar-refractivity contribution in [2.75, 3.05) is 11.9 Å². The minimum Gasteiger partial charge on any atom is -0.368 e. The van der Waals surface area contributed by atoms with Gasteiger partial charge in [0, 0.05) is 24.9 Å². The van der Waals surface area contributed by atoms with E-state index in [4.69, 9.17) is 0 Å². The van der Waals surface area contributed by atoms with Crippen LogP contribution in [0.3, 0.4) is 0 Å². The van der Waals surface area contributed by atoms with Crippen molar-refractivity contribution >= 4 is 11.5 Å².